The minimum Gasteiger partial charge on any atom is -0.293 e. The lowest BCUT2D eigenvalue weighted by molar-refractivity contribution is -0.241. The highest BCUT2D eigenvalue weighted by molar-refractivity contribution is 6.88. The number of carbonyl (C=O) groups is 1. The molecule has 0 atom stereocenters. The van der Waals surface area contributed by atoms with Gasteiger partial charge in [-0.05, 0) is 18.6 Å². The van der Waals surface area contributed by atoms with Crippen molar-refractivity contribution in [1.82, 2.24) is 0 Å². The molecule has 1 aromatic carbocycles. The van der Waals surface area contributed by atoms with Crippen molar-refractivity contribution in [1.29, 1.82) is 0 Å². The van der Waals surface area contributed by atoms with E-state index >= 15 is 0 Å². The third-order valence-electron chi connectivity index (χ3n) is 2.60. The fraction of sp³-hybridized carbons (Fsp3) is 0.429. The Morgan fingerprint density at radius 2 is 1.83 bits per heavy atom. The highest BCUT2D eigenvalue weighted by Crippen LogP contribution is 2.06. The number of hydrogen-bond acceptors (Lipinski definition) is 3. The molecule has 0 N–H and O–H groups in total. The van der Waals surface area contributed by atoms with Gasteiger partial charge in [-0.2, -0.15) is 4.89 Å². The fourth-order valence-corrected chi connectivity index (χ4v) is 2.58. The van der Waals surface area contributed by atoms with Crippen LogP contribution in [-0.4, -0.2) is 20.7 Å². The van der Waals surface area contributed by atoms with Gasteiger partial charge in [-0.15, -0.1) is 0 Å². The molecular weight excluding hydrogens is 244 g/mol. The van der Waals surface area contributed by atoms with Crippen LogP contribution in [-0.2, 0) is 9.78 Å². The van der Waals surface area contributed by atoms with Crippen LogP contribution in [0, 0.1) is 6.92 Å². The minimum atomic E-state index is -1.32. The SMILES string of the molecule is [CH2]CCCOOC(=O)c1ccc([Si](C)(C)C)cc1. The maximum atomic E-state index is 11.6. The lowest BCUT2D eigenvalue weighted by Crippen LogP contribution is -2.37. The summed E-state index contributed by atoms with van der Waals surface area (Å²) in [6.07, 6.45) is 1.55. The van der Waals surface area contributed by atoms with Crippen molar-refractivity contribution in [2.75, 3.05) is 6.61 Å². The molecule has 0 aliphatic rings. The van der Waals surface area contributed by atoms with Crippen LogP contribution in [0.5, 0.6) is 0 Å². The maximum absolute atomic E-state index is 11.6. The molecule has 1 aromatic rings. The van der Waals surface area contributed by atoms with Crippen molar-refractivity contribution in [2.24, 2.45) is 0 Å². The van der Waals surface area contributed by atoms with E-state index in [4.69, 9.17) is 9.78 Å². The van der Waals surface area contributed by atoms with Crippen molar-refractivity contribution in [2.45, 2.75) is 32.5 Å². The van der Waals surface area contributed by atoms with Gasteiger partial charge < -0.3 is 0 Å². The third kappa shape index (κ3) is 4.62. The number of unbranched alkanes of at least 4 members (excludes halogenated alkanes) is 1. The molecule has 0 saturated carbocycles. The first-order valence-electron chi connectivity index (χ1n) is 6.18. The fourth-order valence-electron chi connectivity index (χ4n) is 1.41. The Labute approximate surface area is 110 Å². The van der Waals surface area contributed by atoms with E-state index in [1.54, 1.807) is 12.1 Å². The summed E-state index contributed by atoms with van der Waals surface area (Å²) in [7, 11) is -1.32. The van der Waals surface area contributed by atoms with Gasteiger partial charge in [-0.3, -0.25) is 4.89 Å². The van der Waals surface area contributed by atoms with Gasteiger partial charge in [0.15, 0.2) is 0 Å². The third-order valence-corrected chi connectivity index (χ3v) is 4.66. The summed E-state index contributed by atoms with van der Waals surface area (Å²) in [6, 6.07) is 7.58. The van der Waals surface area contributed by atoms with Crippen molar-refractivity contribution >= 4 is 19.2 Å². The molecule has 0 bridgehead atoms. The second-order valence-electron chi connectivity index (χ2n) is 5.23. The molecule has 0 aromatic heterocycles. The van der Waals surface area contributed by atoms with E-state index in [0.717, 1.165) is 12.8 Å². The van der Waals surface area contributed by atoms with Crippen molar-refractivity contribution in [3.8, 4) is 0 Å². The first-order valence-corrected chi connectivity index (χ1v) is 9.68. The van der Waals surface area contributed by atoms with E-state index in [0.29, 0.717) is 12.2 Å². The predicted octanol–water partition coefficient (Wildman–Crippen LogP) is 2.93. The standard InChI is InChI=1S/C14H21O3Si/c1-5-6-11-16-17-14(15)12-7-9-13(10-8-12)18(2,3)4/h7-10H,1,5-6,11H2,2-4H3. The predicted molar refractivity (Wildman–Crippen MR) is 75.4 cm³/mol. The zero-order chi connectivity index (χ0) is 13.6. The molecule has 3 nitrogen and oxygen atoms in total. The Bertz CT molecular complexity index is 379. The molecular formula is C14H21O3Si. The van der Waals surface area contributed by atoms with E-state index < -0.39 is 14.0 Å². The van der Waals surface area contributed by atoms with Crippen LogP contribution in [0.1, 0.15) is 23.2 Å². The van der Waals surface area contributed by atoms with Gasteiger partial charge >= 0.3 is 5.97 Å². The quantitative estimate of drug-likeness (QED) is 0.343. The maximum Gasteiger partial charge on any atom is 0.373 e. The lowest BCUT2D eigenvalue weighted by atomic mass is 10.2. The second kappa shape index (κ2) is 6.71. The van der Waals surface area contributed by atoms with Gasteiger partial charge in [0.05, 0.1) is 20.2 Å². The Morgan fingerprint density at radius 1 is 1.22 bits per heavy atom. The molecule has 1 radical (unpaired) electrons. The van der Waals surface area contributed by atoms with Crippen LogP contribution < -0.4 is 5.19 Å². The van der Waals surface area contributed by atoms with Gasteiger partial charge in [-0.25, -0.2) is 4.79 Å². The summed E-state index contributed by atoms with van der Waals surface area (Å²) >= 11 is 0. The van der Waals surface area contributed by atoms with Gasteiger partial charge in [0.25, 0.3) is 0 Å². The number of hydrogen-bond donors (Lipinski definition) is 0. The molecule has 0 aliphatic heterocycles. The Balaban J connectivity index is 2.54. The van der Waals surface area contributed by atoms with Gasteiger partial charge in [0, 0.05) is 0 Å². The van der Waals surface area contributed by atoms with E-state index in [1.807, 2.05) is 12.1 Å². The van der Waals surface area contributed by atoms with E-state index in [9.17, 15) is 4.79 Å². The van der Waals surface area contributed by atoms with Crippen molar-refractivity contribution < 1.29 is 14.6 Å². The highest BCUT2D eigenvalue weighted by Gasteiger charge is 2.17. The molecule has 99 valence electrons. The van der Waals surface area contributed by atoms with Gasteiger partial charge in [0.1, 0.15) is 0 Å². The van der Waals surface area contributed by atoms with Crippen LogP contribution in [0.2, 0.25) is 19.6 Å². The minimum absolute atomic E-state index is 0.391. The van der Waals surface area contributed by atoms with Crippen LogP contribution in [0.3, 0.4) is 0 Å². The van der Waals surface area contributed by atoms with Gasteiger partial charge in [-0.1, -0.05) is 50.3 Å². The molecule has 0 saturated heterocycles. The largest absolute Gasteiger partial charge is 0.373 e. The smallest absolute Gasteiger partial charge is 0.293 e. The van der Waals surface area contributed by atoms with E-state index in [-0.39, 0.29) is 0 Å². The Hall–Kier alpha value is -1.13. The number of carbonyl (C=O) groups excluding carboxylic acids is 1. The molecule has 0 unspecified atom stereocenters. The molecule has 18 heavy (non-hydrogen) atoms. The normalized spacial score (nSPS) is 11.3. The van der Waals surface area contributed by atoms with Gasteiger partial charge in [0.2, 0.25) is 0 Å². The summed E-state index contributed by atoms with van der Waals surface area (Å²) in [4.78, 5) is 21.1. The zero-order valence-electron chi connectivity index (χ0n) is 11.4. The summed E-state index contributed by atoms with van der Waals surface area (Å²) in [6.45, 7) is 10.9. The lowest BCUT2D eigenvalue weighted by Gasteiger charge is -2.16. The first kappa shape index (κ1) is 14.9. The van der Waals surface area contributed by atoms with E-state index in [1.165, 1.54) is 5.19 Å². The number of rotatable bonds is 6. The molecule has 0 amide bonds. The van der Waals surface area contributed by atoms with E-state index in [2.05, 4.69) is 26.6 Å². The molecule has 0 fully saturated rings. The summed E-state index contributed by atoms with van der Waals surface area (Å²) < 4.78 is 0. The van der Waals surface area contributed by atoms with Crippen LogP contribution in [0.25, 0.3) is 0 Å². The van der Waals surface area contributed by atoms with Crippen molar-refractivity contribution in [3.05, 3.63) is 36.8 Å². The Morgan fingerprint density at radius 3 is 2.33 bits per heavy atom. The summed E-state index contributed by atoms with van der Waals surface area (Å²) in [5, 5.41) is 1.32. The molecule has 0 aliphatic carbocycles. The highest BCUT2D eigenvalue weighted by atomic mass is 28.3. The first-order chi connectivity index (χ1) is 8.45. The van der Waals surface area contributed by atoms with Crippen molar-refractivity contribution in [3.63, 3.8) is 0 Å². The topological polar surface area (TPSA) is 35.5 Å². The average Bonchev–Trinajstić information content (AvgIpc) is 2.33. The zero-order valence-corrected chi connectivity index (χ0v) is 12.4. The summed E-state index contributed by atoms with van der Waals surface area (Å²) in [5.41, 5.74) is 0.520. The van der Waals surface area contributed by atoms with Crippen LogP contribution in [0.15, 0.2) is 24.3 Å². The molecule has 0 spiro atoms. The second-order valence-corrected chi connectivity index (χ2v) is 10.3. The summed E-state index contributed by atoms with van der Waals surface area (Å²) in [5.74, 6) is -0.443. The molecule has 4 heteroatoms. The average molecular weight is 265 g/mol. The Kier molecular flexibility index (Phi) is 5.56. The van der Waals surface area contributed by atoms with Crippen LogP contribution >= 0.6 is 0 Å². The number of benzene rings is 1. The molecule has 0 heterocycles. The van der Waals surface area contributed by atoms with Crippen LogP contribution in [0.4, 0.5) is 0 Å². The monoisotopic (exact) mass is 265 g/mol. The molecule has 1 rings (SSSR count).